The minimum Gasteiger partial charge on any atom is -0.370 e. The zero-order chi connectivity index (χ0) is 14.5. The molecule has 0 unspecified atom stereocenters. The summed E-state index contributed by atoms with van der Waals surface area (Å²) in [5.41, 5.74) is 2.67. The van der Waals surface area contributed by atoms with Crippen molar-refractivity contribution in [3.05, 3.63) is 54.1 Å². The van der Waals surface area contributed by atoms with Gasteiger partial charge in [0.25, 0.3) is 5.91 Å². The molecule has 0 atom stereocenters. The molecule has 0 spiro atoms. The molecular weight excluding hydrogens is 264 g/mol. The number of carbonyl (C=O) groups is 1. The summed E-state index contributed by atoms with van der Waals surface area (Å²) in [7, 11) is 0. The van der Waals surface area contributed by atoms with Gasteiger partial charge in [0, 0.05) is 38.2 Å². The Hall–Kier alpha value is -2.43. The van der Waals surface area contributed by atoms with E-state index in [0.717, 1.165) is 24.3 Å². The average molecular weight is 282 g/mol. The normalized spacial score (nSPS) is 14.2. The van der Waals surface area contributed by atoms with Crippen LogP contribution in [0.4, 0.5) is 5.69 Å². The predicted octanol–water partition coefficient (Wildman–Crippen LogP) is 2.01. The summed E-state index contributed by atoms with van der Waals surface area (Å²) in [6.07, 6.45) is 9.29. The van der Waals surface area contributed by atoms with Crippen LogP contribution in [-0.2, 0) is 6.54 Å². The van der Waals surface area contributed by atoms with Crippen molar-refractivity contribution in [2.24, 2.45) is 0 Å². The van der Waals surface area contributed by atoms with Crippen LogP contribution >= 0.6 is 0 Å². The van der Waals surface area contributed by atoms with E-state index in [-0.39, 0.29) is 5.91 Å². The van der Waals surface area contributed by atoms with Gasteiger partial charge in [0.1, 0.15) is 0 Å². The third kappa shape index (κ3) is 3.37. The van der Waals surface area contributed by atoms with E-state index in [0.29, 0.717) is 12.1 Å². The van der Waals surface area contributed by atoms with Crippen molar-refractivity contribution in [2.75, 3.05) is 18.0 Å². The number of rotatable bonds is 4. The van der Waals surface area contributed by atoms with Gasteiger partial charge in [-0.2, -0.15) is 0 Å². The number of hydrogen-bond donors (Lipinski definition) is 1. The van der Waals surface area contributed by atoms with E-state index in [1.165, 1.54) is 12.8 Å². The van der Waals surface area contributed by atoms with Crippen LogP contribution in [0, 0.1) is 0 Å². The lowest BCUT2D eigenvalue weighted by molar-refractivity contribution is 0.0950. The number of hydrogen-bond acceptors (Lipinski definition) is 4. The maximum absolute atomic E-state index is 12.2. The highest BCUT2D eigenvalue weighted by atomic mass is 16.1. The van der Waals surface area contributed by atoms with E-state index in [1.807, 2.05) is 24.4 Å². The van der Waals surface area contributed by atoms with Gasteiger partial charge in [-0.3, -0.25) is 14.8 Å². The predicted molar refractivity (Wildman–Crippen MR) is 81.1 cm³/mol. The average Bonchev–Trinajstić information content (AvgIpc) is 3.08. The molecular formula is C16H18N4O. The summed E-state index contributed by atoms with van der Waals surface area (Å²) in [6.45, 7) is 2.59. The first-order valence-corrected chi connectivity index (χ1v) is 7.20. The van der Waals surface area contributed by atoms with E-state index in [9.17, 15) is 4.79 Å². The van der Waals surface area contributed by atoms with Gasteiger partial charge in [0.15, 0.2) is 0 Å². The molecule has 0 bridgehead atoms. The molecule has 5 nitrogen and oxygen atoms in total. The summed E-state index contributed by atoms with van der Waals surface area (Å²) in [5, 5.41) is 2.91. The van der Waals surface area contributed by atoms with Gasteiger partial charge in [-0.1, -0.05) is 0 Å². The maximum Gasteiger partial charge on any atom is 0.253 e. The molecule has 1 amide bonds. The van der Waals surface area contributed by atoms with Crippen molar-refractivity contribution in [3.63, 3.8) is 0 Å². The Morgan fingerprint density at radius 3 is 2.67 bits per heavy atom. The van der Waals surface area contributed by atoms with E-state index in [2.05, 4.69) is 20.2 Å². The smallest absolute Gasteiger partial charge is 0.253 e. The highest BCUT2D eigenvalue weighted by Gasteiger charge is 2.14. The van der Waals surface area contributed by atoms with Gasteiger partial charge in [-0.15, -0.1) is 0 Å². The minimum atomic E-state index is -0.0969. The molecule has 0 saturated carbocycles. The molecule has 5 heteroatoms. The quantitative estimate of drug-likeness (QED) is 0.932. The first-order chi connectivity index (χ1) is 10.3. The molecule has 108 valence electrons. The fourth-order valence-corrected chi connectivity index (χ4v) is 2.49. The highest BCUT2D eigenvalue weighted by Crippen LogP contribution is 2.19. The Labute approximate surface area is 124 Å². The number of nitrogens with zero attached hydrogens (tertiary/aromatic N) is 3. The summed E-state index contributed by atoms with van der Waals surface area (Å²) in [4.78, 5) is 22.6. The molecule has 1 saturated heterocycles. The second-order valence-corrected chi connectivity index (χ2v) is 5.16. The summed E-state index contributed by atoms with van der Waals surface area (Å²) < 4.78 is 0. The SMILES string of the molecule is O=C(NCc1ccncc1)c1cncc(N2CCCC2)c1. The lowest BCUT2D eigenvalue weighted by Gasteiger charge is -2.17. The Kier molecular flexibility index (Phi) is 4.09. The van der Waals surface area contributed by atoms with E-state index >= 15 is 0 Å². The van der Waals surface area contributed by atoms with Crippen molar-refractivity contribution < 1.29 is 4.79 Å². The molecule has 2 aromatic rings. The lowest BCUT2D eigenvalue weighted by Crippen LogP contribution is -2.24. The number of anilines is 1. The third-order valence-corrected chi connectivity index (χ3v) is 3.66. The van der Waals surface area contributed by atoms with Crippen LogP contribution in [0.1, 0.15) is 28.8 Å². The Bertz CT molecular complexity index is 609. The van der Waals surface area contributed by atoms with E-state index in [4.69, 9.17) is 0 Å². The molecule has 0 aromatic carbocycles. The van der Waals surface area contributed by atoms with Crippen LogP contribution < -0.4 is 10.2 Å². The maximum atomic E-state index is 12.2. The number of nitrogens with one attached hydrogen (secondary N) is 1. The van der Waals surface area contributed by atoms with Crippen LogP contribution in [-0.4, -0.2) is 29.0 Å². The zero-order valence-electron chi connectivity index (χ0n) is 11.8. The number of carbonyl (C=O) groups excluding carboxylic acids is 1. The van der Waals surface area contributed by atoms with Crippen LogP contribution in [0.25, 0.3) is 0 Å². The molecule has 1 fully saturated rings. The lowest BCUT2D eigenvalue weighted by atomic mass is 10.2. The van der Waals surface area contributed by atoms with Gasteiger partial charge in [0.2, 0.25) is 0 Å². The Morgan fingerprint density at radius 2 is 1.90 bits per heavy atom. The molecule has 1 aliphatic rings. The monoisotopic (exact) mass is 282 g/mol. The third-order valence-electron chi connectivity index (χ3n) is 3.66. The number of aromatic nitrogens is 2. The largest absolute Gasteiger partial charge is 0.370 e. The fourth-order valence-electron chi connectivity index (χ4n) is 2.49. The minimum absolute atomic E-state index is 0.0969. The fraction of sp³-hybridized carbons (Fsp3) is 0.312. The van der Waals surface area contributed by atoms with Gasteiger partial charge in [0.05, 0.1) is 17.4 Å². The molecule has 1 N–H and O–H groups in total. The van der Waals surface area contributed by atoms with Crippen LogP contribution in [0.5, 0.6) is 0 Å². The summed E-state index contributed by atoms with van der Waals surface area (Å²) >= 11 is 0. The second-order valence-electron chi connectivity index (χ2n) is 5.16. The van der Waals surface area contributed by atoms with Gasteiger partial charge >= 0.3 is 0 Å². The summed E-state index contributed by atoms with van der Waals surface area (Å²) in [5.74, 6) is -0.0969. The Balaban J connectivity index is 1.65. The molecule has 2 aromatic heterocycles. The zero-order valence-corrected chi connectivity index (χ0v) is 11.8. The molecule has 1 aliphatic heterocycles. The number of pyridine rings is 2. The first-order valence-electron chi connectivity index (χ1n) is 7.20. The van der Waals surface area contributed by atoms with Crippen LogP contribution in [0.2, 0.25) is 0 Å². The summed E-state index contributed by atoms with van der Waals surface area (Å²) in [6, 6.07) is 5.69. The molecule has 3 heterocycles. The topological polar surface area (TPSA) is 58.1 Å². The van der Waals surface area contributed by atoms with Crippen LogP contribution in [0.3, 0.4) is 0 Å². The van der Waals surface area contributed by atoms with Crippen molar-refractivity contribution >= 4 is 11.6 Å². The first kappa shape index (κ1) is 13.5. The van der Waals surface area contributed by atoms with Crippen molar-refractivity contribution in [3.8, 4) is 0 Å². The molecule has 0 radical (unpaired) electrons. The van der Waals surface area contributed by atoms with Crippen LogP contribution in [0.15, 0.2) is 43.0 Å². The van der Waals surface area contributed by atoms with Gasteiger partial charge in [-0.25, -0.2) is 0 Å². The molecule has 21 heavy (non-hydrogen) atoms. The number of amides is 1. The van der Waals surface area contributed by atoms with Crippen molar-refractivity contribution in [1.82, 2.24) is 15.3 Å². The van der Waals surface area contributed by atoms with Gasteiger partial charge in [-0.05, 0) is 36.6 Å². The second kappa shape index (κ2) is 6.35. The van der Waals surface area contributed by atoms with Crippen molar-refractivity contribution in [2.45, 2.75) is 19.4 Å². The molecule has 0 aliphatic carbocycles. The van der Waals surface area contributed by atoms with E-state index < -0.39 is 0 Å². The van der Waals surface area contributed by atoms with Gasteiger partial charge < -0.3 is 10.2 Å². The molecule has 3 rings (SSSR count). The van der Waals surface area contributed by atoms with Crippen molar-refractivity contribution in [1.29, 1.82) is 0 Å². The standard InChI is InChI=1S/C16H18N4O/c21-16(19-10-13-3-5-17-6-4-13)14-9-15(12-18-11-14)20-7-1-2-8-20/h3-6,9,11-12H,1-2,7-8,10H2,(H,19,21). The Morgan fingerprint density at radius 1 is 1.14 bits per heavy atom. The highest BCUT2D eigenvalue weighted by molar-refractivity contribution is 5.94. The van der Waals surface area contributed by atoms with E-state index in [1.54, 1.807) is 18.6 Å².